The highest BCUT2D eigenvalue weighted by Gasteiger charge is 2.10. The summed E-state index contributed by atoms with van der Waals surface area (Å²) >= 11 is 1.58. The van der Waals surface area contributed by atoms with E-state index in [1.165, 1.54) is 0 Å². The van der Waals surface area contributed by atoms with E-state index in [1.807, 2.05) is 24.4 Å². The van der Waals surface area contributed by atoms with Crippen molar-refractivity contribution in [3.63, 3.8) is 0 Å². The molecular weight excluding hydrogens is 226 g/mol. The van der Waals surface area contributed by atoms with Gasteiger partial charge in [0.15, 0.2) is 0 Å². The molecule has 88 valence electrons. The van der Waals surface area contributed by atoms with Crippen LogP contribution in [-0.4, -0.2) is 24.9 Å². The number of nitrogens with one attached hydrogen (secondary N) is 2. The van der Waals surface area contributed by atoms with Crippen molar-refractivity contribution in [3.05, 3.63) is 22.4 Å². The van der Waals surface area contributed by atoms with Crippen molar-refractivity contribution in [1.82, 2.24) is 10.6 Å². The number of thiophene rings is 1. The normalized spacial score (nSPS) is 11.9. The van der Waals surface area contributed by atoms with Gasteiger partial charge in [-0.15, -0.1) is 11.3 Å². The van der Waals surface area contributed by atoms with Gasteiger partial charge in [-0.25, -0.2) is 0 Å². The van der Waals surface area contributed by atoms with Crippen LogP contribution in [-0.2, 0) is 9.59 Å². The lowest BCUT2D eigenvalue weighted by Crippen LogP contribution is -2.40. The minimum Gasteiger partial charge on any atom is -0.347 e. The fourth-order valence-electron chi connectivity index (χ4n) is 1.15. The van der Waals surface area contributed by atoms with Crippen LogP contribution in [0.4, 0.5) is 0 Å². The molecule has 0 bridgehead atoms. The molecule has 0 radical (unpaired) electrons. The van der Waals surface area contributed by atoms with Crippen LogP contribution in [0.25, 0.3) is 0 Å². The Hall–Kier alpha value is -1.40. The van der Waals surface area contributed by atoms with E-state index in [1.54, 1.807) is 11.3 Å². The van der Waals surface area contributed by atoms with Gasteiger partial charge >= 0.3 is 0 Å². The zero-order valence-electron chi connectivity index (χ0n) is 9.03. The zero-order chi connectivity index (χ0) is 12.0. The van der Waals surface area contributed by atoms with Crippen LogP contribution >= 0.6 is 11.3 Å². The Kier molecular flexibility index (Phi) is 4.94. The van der Waals surface area contributed by atoms with Gasteiger partial charge in [0.05, 0.1) is 19.1 Å². The van der Waals surface area contributed by atoms with Crippen molar-refractivity contribution in [3.8, 4) is 0 Å². The van der Waals surface area contributed by atoms with Crippen LogP contribution in [0, 0.1) is 0 Å². The molecule has 0 spiro atoms. The molecule has 1 heterocycles. The van der Waals surface area contributed by atoms with Crippen molar-refractivity contribution >= 4 is 23.2 Å². The molecule has 0 aliphatic heterocycles. The Bertz CT molecular complexity index is 351. The Morgan fingerprint density at radius 2 is 2.25 bits per heavy atom. The third kappa shape index (κ3) is 4.00. The maximum atomic E-state index is 11.4. The molecule has 0 aliphatic rings. The van der Waals surface area contributed by atoms with E-state index in [0.717, 1.165) is 4.88 Å². The van der Waals surface area contributed by atoms with Crippen molar-refractivity contribution in [2.24, 2.45) is 5.73 Å². The van der Waals surface area contributed by atoms with Gasteiger partial charge in [-0.3, -0.25) is 9.59 Å². The molecule has 2 amide bonds. The van der Waals surface area contributed by atoms with Crippen LogP contribution in [0.5, 0.6) is 0 Å². The van der Waals surface area contributed by atoms with Crippen molar-refractivity contribution in [2.45, 2.75) is 13.0 Å². The smallest absolute Gasteiger partial charge is 0.239 e. The topological polar surface area (TPSA) is 84.2 Å². The van der Waals surface area contributed by atoms with Gasteiger partial charge in [-0.1, -0.05) is 6.07 Å². The Morgan fingerprint density at radius 1 is 1.50 bits per heavy atom. The maximum Gasteiger partial charge on any atom is 0.239 e. The number of carbonyl (C=O) groups excluding carboxylic acids is 2. The molecule has 0 fully saturated rings. The second kappa shape index (κ2) is 6.24. The van der Waals surface area contributed by atoms with Crippen LogP contribution < -0.4 is 16.4 Å². The van der Waals surface area contributed by atoms with E-state index in [4.69, 9.17) is 5.73 Å². The molecule has 16 heavy (non-hydrogen) atoms. The summed E-state index contributed by atoms with van der Waals surface area (Å²) in [6.45, 7) is 1.76. The first-order valence-electron chi connectivity index (χ1n) is 4.93. The number of hydrogen-bond acceptors (Lipinski definition) is 4. The summed E-state index contributed by atoms with van der Waals surface area (Å²) in [5, 5.41) is 7.14. The lowest BCUT2D eigenvalue weighted by atomic mass is 10.3. The molecular formula is C10H15N3O2S. The molecule has 0 saturated carbocycles. The number of carbonyl (C=O) groups is 2. The van der Waals surface area contributed by atoms with Gasteiger partial charge in [0.2, 0.25) is 11.8 Å². The zero-order valence-corrected chi connectivity index (χ0v) is 9.84. The number of nitrogens with two attached hydrogens (primary N) is 1. The average Bonchev–Trinajstić information content (AvgIpc) is 2.79. The summed E-state index contributed by atoms with van der Waals surface area (Å²) in [5.41, 5.74) is 5.09. The monoisotopic (exact) mass is 241 g/mol. The lowest BCUT2D eigenvalue weighted by Gasteiger charge is -2.12. The number of amides is 2. The van der Waals surface area contributed by atoms with Gasteiger partial charge in [-0.05, 0) is 18.4 Å². The van der Waals surface area contributed by atoms with E-state index in [9.17, 15) is 9.59 Å². The highest BCUT2D eigenvalue weighted by atomic mass is 32.1. The second-order valence-corrected chi connectivity index (χ2v) is 4.26. The highest BCUT2D eigenvalue weighted by molar-refractivity contribution is 7.10. The molecule has 5 nitrogen and oxygen atoms in total. The quantitative estimate of drug-likeness (QED) is 0.678. The molecule has 0 saturated heterocycles. The minimum atomic E-state index is -0.334. The number of rotatable bonds is 5. The Labute approximate surface area is 98.0 Å². The summed E-state index contributed by atoms with van der Waals surface area (Å²) in [7, 11) is 0. The van der Waals surface area contributed by atoms with Crippen LogP contribution in [0.3, 0.4) is 0 Å². The third-order valence-corrected chi connectivity index (χ3v) is 3.03. The summed E-state index contributed by atoms with van der Waals surface area (Å²) in [6, 6.07) is 3.84. The standard InChI is InChI=1S/C10H15N3O2S/c1-7(8-3-2-4-16-8)13-10(15)6-12-9(14)5-11/h2-4,7H,5-6,11H2,1H3,(H,12,14)(H,13,15)/t7-/m0/s1. The summed E-state index contributed by atoms with van der Waals surface area (Å²) < 4.78 is 0. The second-order valence-electron chi connectivity index (χ2n) is 3.29. The van der Waals surface area contributed by atoms with Crippen molar-refractivity contribution < 1.29 is 9.59 Å². The number of hydrogen-bond donors (Lipinski definition) is 3. The van der Waals surface area contributed by atoms with Gasteiger partial charge in [0, 0.05) is 4.88 Å². The third-order valence-electron chi connectivity index (χ3n) is 1.98. The fourth-order valence-corrected chi connectivity index (χ4v) is 1.89. The minimum absolute atomic E-state index is 0.0360. The van der Waals surface area contributed by atoms with E-state index in [0.29, 0.717) is 0 Å². The predicted octanol–water partition coefficient (Wildman–Crippen LogP) is 0.000200. The summed E-state index contributed by atoms with van der Waals surface area (Å²) in [6.07, 6.45) is 0. The van der Waals surface area contributed by atoms with Crippen molar-refractivity contribution in [1.29, 1.82) is 0 Å². The van der Waals surface area contributed by atoms with Gasteiger partial charge in [0.1, 0.15) is 0 Å². The Balaban J connectivity index is 2.32. The summed E-state index contributed by atoms with van der Waals surface area (Å²) in [5.74, 6) is -0.554. The van der Waals surface area contributed by atoms with E-state index < -0.39 is 0 Å². The molecule has 4 N–H and O–H groups in total. The first kappa shape index (κ1) is 12.7. The molecule has 0 aromatic carbocycles. The van der Waals surface area contributed by atoms with Crippen LogP contribution in [0.1, 0.15) is 17.8 Å². The van der Waals surface area contributed by atoms with E-state index >= 15 is 0 Å². The first-order chi connectivity index (χ1) is 7.63. The first-order valence-corrected chi connectivity index (χ1v) is 5.81. The molecule has 1 aromatic rings. The Morgan fingerprint density at radius 3 is 2.81 bits per heavy atom. The van der Waals surface area contributed by atoms with Gasteiger partial charge < -0.3 is 16.4 Å². The molecule has 1 atom stereocenters. The molecule has 6 heteroatoms. The fraction of sp³-hybridized carbons (Fsp3) is 0.400. The predicted molar refractivity (Wildman–Crippen MR) is 62.9 cm³/mol. The van der Waals surface area contributed by atoms with Crippen LogP contribution in [0.2, 0.25) is 0 Å². The van der Waals surface area contributed by atoms with E-state index in [2.05, 4.69) is 10.6 Å². The lowest BCUT2D eigenvalue weighted by molar-refractivity contribution is -0.125. The largest absolute Gasteiger partial charge is 0.347 e. The van der Waals surface area contributed by atoms with Crippen molar-refractivity contribution in [2.75, 3.05) is 13.1 Å². The molecule has 1 rings (SSSR count). The van der Waals surface area contributed by atoms with E-state index in [-0.39, 0.29) is 30.9 Å². The average molecular weight is 241 g/mol. The molecule has 0 unspecified atom stereocenters. The SMILES string of the molecule is C[C@H](NC(=O)CNC(=O)CN)c1cccs1. The van der Waals surface area contributed by atoms with Gasteiger partial charge in [-0.2, -0.15) is 0 Å². The maximum absolute atomic E-state index is 11.4. The highest BCUT2D eigenvalue weighted by Crippen LogP contribution is 2.17. The summed E-state index contributed by atoms with van der Waals surface area (Å²) in [4.78, 5) is 23.3. The molecule has 0 aliphatic carbocycles. The molecule has 1 aromatic heterocycles. The van der Waals surface area contributed by atoms with Crippen LogP contribution in [0.15, 0.2) is 17.5 Å². The van der Waals surface area contributed by atoms with Gasteiger partial charge in [0.25, 0.3) is 0 Å².